The summed E-state index contributed by atoms with van der Waals surface area (Å²) in [6.45, 7) is 6.48. The fourth-order valence-electron chi connectivity index (χ4n) is 0.609. The van der Waals surface area contributed by atoms with Crippen LogP contribution in [0.25, 0.3) is 0 Å². The van der Waals surface area contributed by atoms with E-state index in [4.69, 9.17) is 5.11 Å². The van der Waals surface area contributed by atoms with Crippen molar-refractivity contribution in [2.75, 3.05) is 0 Å². The highest BCUT2D eigenvalue weighted by Gasteiger charge is 2.04. The van der Waals surface area contributed by atoms with Crippen LogP contribution >= 0.6 is 0 Å². The minimum Gasteiger partial charge on any atom is -0.508 e. The molecule has 0 aliphatic rings. The predicted molar refractivity (Wildman–Crippen MR) is 45.3 cm³/mol. The van der Waals surface area contributed by atoms with Crippen LogP contribution in [0.4, 0.5) is 0 Å². The number of hydrogen-bond donors (Lipinski definition) is 1. The lowest BCUT2D eigenvalue weighted by Gasteiger charge is -1.97. The normalized spacial score (nSPS) is 12.0. The molecule has 0 spiro atoms. The fraction of sp³-hybridized carbons (Fsp3) is 0.222. The lowest BCUT2D eigenvalue weighted by atomic mass is 10.1. The van der Waals surface area contributed by atoms with Crippen LogP contribution < -0.4 is 0 Å². The quantitative estimate of drug-likeness (QED) is 0.382. The summed E-state index contributed by atoms with van der Waals surface area (Å²) in [5.41, 5.74) is 0.253. The molecule has 0 aromatic heterocycles. The van der Waals surface area contributed by atoms with Gasteiger partial charge in [0.05, 0.1) is 5.57 Å². The number of rotatable bonds is 3. The summed E-state index contributed by atoms with van der Waals surface area (Å²) in [5, 5.41) is 8.89. The van der Waals surface area contributed by atoms with Gasteiger partial charge < -0.3 is 5.11 Å². The molecule has 0 unspecified atom stereocenters. The van der Waals surface area contributed by atoms with Crippen molar-refractivity contribution in [2.24, 2.45) is 0 Å². The minimum atomic E-state index is -0.185. The molecule has 60 valence electrons. The van der Waals surface area contributed by atoms with E-state index in [2.05, 4.69) is 6.58 Å². The van der Waals surface area contributed by atoms with Crippen molar-refractivity contribution in [3.8, 4) is 0 Å². The van der Waals surface area contributed by atoms with Crippen molar-refractivity contribution in [3.63, 3.8) is 0 Å². The predicted octanol–water partition coefficient (Wildman–Crippen LogP) is 2.15. The number of aliphatic hydroxyl groups is 1. The monoisotopic (exact) mass is 152 g/mol. The number of ketones is 1. The van der Waals surface area contributed by atoms with E-state index >= 15 is 0 Å². The van der Waals surface area contributed by atoms with Crippen LogP contribution in [-0.4, -0.2) is 10.9 Å². The first kappa shape index (κ1) is 9.69. The van der Waals surface area contributed by atoms with Crippen LogP contribution in [0.15, 0.2) is 36.1 Å². The molecule has 0 saturated carbocycles. The number of carbonyl (C=O) groups is 1. The molecule has 0 aliphatic heterocycles. The zero-order valence-electron chi connectivity index (χ0n) is 6.79. The Kier molecular flexibility index (Phi) is 3.96. The van der Waals surface area contributed by atoms with Crippen molar-refractivity contribution < 1.29 is 9.90 Å². The molecule has 0 atom stereocenters. The molecule has 0 bridgehead atoms. The Hall–Kier alpha value is -1.31. The van der Waals surface area contributed by atoms with Crippen LogP contribution in [0, 0.1) is 0 Å². The number of hydrogen-bond acceptors (Lipinski definition) is 2. The van der Waals surface area contributed by atoms with Gasteiger partial charge in [-0.25, -0.2) is 0 Å². The highest BCUT2D eigenvalue weighted by molar-refractivity contribution is 5.97. The van der Waals surface area contributed by atoms with Crippen molar-refractivity contribution in [1.82, 2.24) is 0 Å². The minimum absolute atomic E-state index is 0.185. The van der Waals surface area contributed by atoms with Gasteiger partial charge in [0.1, 0.15) is 5.76 Å². The van der Waals surface area contributed by atoms with Crippen LogP contribution in [0.3, 0.4) is 0 Å². The fourth-order valence-corrected chi connectivity index (χ4v) is 0.609. The highest BCUT2D eigenvalue weighted by atomic mass is 16.3. The van der Waals surface area contributed by atoms with Gasteiger partial charge in [0, 0.05) is 0 Å². The standard InChI is InChI=1S/C9H12O2/c1-4-5-6-9(7(2)10)8(3)11/h4-6,10H,2H2,1,3H3/b5-4-,9-6+. The number of carbonyl (C=O) groups excluding carboxylic acids is 1. The summed E-state index contributed by atoms with van der Waals surface area (Å²) >= 11 is 0. The SMILES string of the molecule is C=C(O)/C(=C\C=C/C)C(C)=O. The van der Waals surface area contributed by atoms with Crippen LogP contribution in [0.5, 0.6) is 0 Å². The maximum absolute atomic E-state index is 10.8. The molecule has 0 heterocycles. The lowest BCUT2D eigenvalue weighted by Crippen LogP contribution is -1.98. The summed E-state index contributed by atoms with van der Waals surface area (Å²) in [7, 11) is 0. The molecule has 2 nitrogen and oxygen atoms in total. The van der Waals surface area contributed by atoms with Gasteiger partial charge in [-0.1, -0.05) is 18.7 Å². The zero-order chi connectivity index (χ0) is 8.85. The Bertz CT molecular complexity index is 206. The molecular weight excluding hydrogens is 140 g/mol. The van der Waals surface area contributed by atoms with E-state index in [0.29, 0.717) is 0 Å². The molecule has 0 saturated heterocycles. The third-order valence-electron chi connectivity index (χ3n) is 1.15. The van der Waals surface area contributed by atoms with Gasteiger partial charge in [-0.05, 0) is 19.9 Å². The second-order valence-electron chi connectivity index (χ2n) is 2.11. The van der Waals surface area contributed by atoms with Gasteiger partial charge in [-0.2, -0.15) is 0 Å². The molecular formula is C9H12O2. The Balaban J connectivity index is 4.60. The summed E-state index contributed by atoms with van der Waals surface area (Å²) in [4.78, 5) is 10.8. The second kappa shape index (κ2) is 4.50. The molecule has 0 amide bonds. The molecule has 11 heavy (non-hydrogen) atoms. The van der Waals surface area contributed by atoms with Crippen molar-refractivity contribution in [2.45, 2.75) is 13.8 Å². The van der Waals surface area contributed by atoms with Gasteiger partial charge in [0.15, 0.2) is 5.78 Å². The zero-order valence-corrected chi connectivity index (χ0v) is 6.79. The van der Waals surface area contributed by atoms with Crippen molar-refractivity contribution >= 4 is 5.78 Å². The molecule has 0 rings (SSSR count). The maximum atomic E-state index is 10.8. The lowest BCUT2D eigenvalue weighted by molar-refractivity contribution is -0.113. The average Bonchev–Trinajstić information content (AvgIpc) is 1.87. The summed E-state index contributed by atoms with van der Waals surface area (Å²) in [6, 6.07) is 0. The van der Waals surface area contributed by atoms with Gasteiger partial charge in [0.25, 0.3) is 0 Å². The number of aliphatic hydroxyl groups excluding tert-OH is 1. The highest BCUT2D eigenvalue weighted by Crippen LogP contribution is 2.05. The Morgan fingerprint density at radius 2 is 2.09 bits per heavy atom. The van der Waals surface area contributed by atoms with Gasteiger partial charge in [0.2, 0.25) is 0 Å². The molecule has 1 N–H and O–H groups in total. The van der Waals surface area contributed by atoms with E-state index < -0.39 is 0 Å². The summed E-state index contributed by atoms with van der Waals surface area (Å²) in [6.07, 6.45) is 4.98. The largest absolute Gasteiger partial charge is 0.508 e. The van der Waals surface area contributed by atoms with E-state index in [-0.39, 0.29) is 17.1 Å². The molecule has 0 aliphatic carbocycles. The molecule has 0 aromatic rings. The van der Waals surface area contributed by atoms with Crippen molar-refractivity contribution in [3.05, 3.63) is 36.1 Å². The summed E-state index contributed by atoms with van der Waals surface area (Å²) in [5.74, 6) is -0.369. The second-order valence-corrected chi connectivity index (χ2v) is 2.11. The maximum Gasteiger partial charge on any atom is 0.163 e. The first-order valence-electron chi connectivity index (χ1n) is 3.31. The third kappa shape index (κ3) is 3.40. The first-order valence-corrected chi connectivity index (χ1v) is 3.31. The van der Waals surface area contributed by atoms with E-state index in [1.54, 1.807) is 12.2 Å². The van der Waals surface area contributed by atoms with E-state index in [0.717, 1.165) is 0 Å². The van der Waals surface area contributed by atoms with Crippen molar-refractivity contribution in [1.29, 1.82) is 0 Å². The van der Waals surface area contributed by atoms with Crippen LogP contribution in [0.1, 0.15) is 13.8 Å². The van der Waals surface area contributed by atoms with E-state index in [1.165, 1.54) is 13.0 Å². The van der Waals surface area contributed by atoms with E-state index in [9.17, 15) is 4.79 Å². The van der Waals surface area contributed by atoms with Gasteiger partial charge in [-0.3, -0.25) is 4.79 Å². The molecule has 2 heteroatoms. The number of Topliss-reactive ketones (excluding diaryl/α,β-unsaturated/α-hetero) is 1. The third-order valence-corrected chi connectivity index (χ3v) is 1.15. The molecule has 0 radical (unpaired) electrons. The molecule has 0 fully saturated rings. The average molecular weight is 152 g/mol. The Morgan fingerprint density at radius 1 is 1.55 bits per heavy atom. The van der Waals surface area contributed by atoms with Crippen LogP contribution in [0.2, 0.25) is 0 Å². The molecule has 0 aromatic carbocycles. The number of allylic oxidation sites excluding steroid dienone is 4. The van der Waals surface area contributed by atoms with Gasteiger partial charge in [-0.15, -0.1) is 0 Å². The Labute approximate surface area is 66.5 Å². The van der Waals surface area contributed by atoms with Gasteiger partial charge >= 0.3 is 0 Å². The Morgan fingerprint density at radius 3 is 2.36 bits per heavy atom. The topological polar surface area (TPSA) is 37.3 Å². The van der Waals surface area contributed by atoms with Crippen LogP contribution in [-0.2, 0) is 4.79 Å². The van der Waals surface area contributed by atoms with E-state index in [1.807, 2.05) is 6.92 Å². The first-order chi connectivity index (χ1) is 5.09. The smallest absolute Gasteiger partial charge is 0.163 e. The summed E-state index contributed by atoms with van der Waals surface area (Å²) < 4.78 is 0.